The van der Waals surface area contributed by atoms with Gasteiger partial charge in [-0.1, -0.05) is 66.3 Å². The molecule has 0 unspecified atom stereocenters. The molecule has 0 bridgehead atoms. The van der Waals surface area contributed by atoms with Gasteiger partial charge in [0.15, 0.2) is 0 Å². The molecule has 0 aromatic heterocycles. The summed E-state index contributed by atoms with van der Waals surface area (Å²) in [5.74, 6) is 0.437. The van der Waals surface area contributed by atoms with Gasteiger partial charge in [-0.25, -0.2) is 0 Å². The zero-order valence-corrected chi connectivity index (χ0v) is 23.2. The lowest BCUT2D eigenvalue weighted by atomic mass is 9.76. The van der Waals surface area contributed by atoms with E-state index in [-0.39, 0.29) is 5.69 Å². The third-order valence-electron chi connectivity index (χ3n) is 7.61. The molecule has 4 nitrogen and oxygen atoms in total. The zero-order valence-electron chi connectivity index (χ0n) is 23.2. The lowest BCUT2D eigenvalue weighted by Gasteiger charge is -2.28. The van der Waals surface area contributed by atoms with Crippen molar-refractivity contribution in [1.82, 2.24) is 0 Å². The second-order valence-electron chi connectivity index (χ2n) is 11.5. The third kappa shape index (κ3) is 5.71. The summed E-state index contributed by atoms with van der Waals surface area (Å²) in [6, 6.07) is 8.84. The average Bonchev–Trinajstić information content (AvgIpc) is 3.02. The van der Waals surface area contributed by atoms with E-state index in [2.05, 4.69) is 25.3 Å². The molecule has 38 heavy (non-hydrogen) atoms. The second-order valence-corrected chi connectivity index (χ2v) is 11.5. The van der Waals surface area contributed by atoms with Crippen LogP contribution < -0.4 is 4.90 Å². The molecule has 0 radical (unpaired) electrons. The second kappa shape index (κ2) is 10.4. The summed E-state index contributed by atoms with van der Waals surface area (Å²) < 4.78 is 40.5. The summed E-state index contributed by atoms with van der Waals surface area (Å²) in [4.78, 5) is 13.0. The number of anilines is 1. The molecule has 0 amide bonds. The highest BCUT2D eigenvalue weighted by molar-refractivity contribution is 5.71. The molecule has 0 saturated heterocycles. The SMILES string of the molecule is C=C(/C=C/C=C1/N(CCC(C)C)c2ccc(C(F)(F)F)cc2C1(C)C)C(C)(C)c1cc([N+](=O)[O-])ccc1C. The smallest absolute Gasteiger partial charge is 0.344 e. The number of rotatable bonds is 8. The number of hydrogen-bond donors (Lipinski definition) is 0. The fourth-order valence-electron chi connectivity index (χ4n) is 5.01. The maximum absolute atomic E-state index is 13.5. The molecule has 0 spiro atoms. The van der Waals surface area contributed by atoms with E-state index in [0.717, 1.165) is 40.6 Å². The number of alkyl halides is 3. The van der Waals surface area contributed by atoms with Crippen molar-refractivity contribution in [2.75, 3.05) is 11.4 Å². The van der Waals surface area contributed by atoms with Crippen LogP contribution in [0.3, 0.4) is 0 Å². The molecule has 204 valence electrons. The minimum absolute atomic E-state index is 0.0297. The van der Waals surface area contributed by atoms with Gasteiger partial charge in [-0.3, -0.25) is 10.1 Å². The summed E-state index contributed by atoms with van der Waals surface area (Å²) in [5.41, 5.74) is 3.07. The van der Waals surface area contributed by atoms with Gasteiger partial charge in [-0.05, 0) is 65.8 Å². The molecule has 2 aromatic rings. The van der Waals surface area contributed by atoms with Crippen molar-refractivity contribution in [2.45, 2.75) is 71.9 Å². The molecular formula is C31H37F3N2O2. The molecule has 0 saturated carbocycles. The van der Waals surface area contributed by atoms with Gasteiger partial charge in [0.05, 0.1) is 10.5 Å². The van der Waals surface area contributed by atoms with Crippen LogP contribution in [0.5, 0.6) is 0 Å². The van der Waals surface area contributed by atoms with Crippen LogP contribution in [0.15, 0.2) is 72.5 Å². The molecule has 0 aliphatic carbocycles. The van der Waals surface area contributed by atoms with Crippen molar-refractivity contribution in [1.29, 1.82) is 0 Å². The standard InChI is InChI=1S/C31H37F3N2O2/c1-20(2)16-17-35-27-15-13-23(31(32,33)34)18-26(27)30(7,8)28(35)11-9-10-22(4)29(5,6)25-19-24(36(37)38)14-12-21(25)3/h9-15,18-20H,4,16-17H2,1-3,5-8H3/b10-9+,28-11+. The summed E-state index contributed by atoms with van der Waals surface area (Å²) in [6.07, 6.45) is 2.20. The Morgan fingerprint density at radius 1 is 1.16 bits per heavy atom. The Labute approximate surface area is 223 Å². The number of allylic oxidation sites excluding steroid dienone is 5. The van der Waals surface area contributed by atoms with E-state index in [4.69, 9.17) is 0 Å². The van der Waals surface area contributed by atoms with E-state index in [0.29, 0.717) is 18.0 Å². The quantitative estimate of drug-likeness (QED) is 0.196. The van der Waals surface area contributed by atoms with Crippen molar-refractivity contribution in [3.8, 4) is 0 Å². The monoisotopic (exact) mass is 526 g/mol. The summed E-state index contributed by atoms with van der Waals surface area (Å²) >= 11 is 0. The predicted molar refractivity (Wildman–Crippen MR) is 148 cm³/mol. The normalized spacial score (nSPS) is 16.5. The Balaban J connectivity index is 2.00. The van der Waals surface area contributed by atoms with Crippen LogP contribution in [0.1, 0.15) is 70.2 Å². The molecule has 0 fully saturated rings. The van der Waals surface area contributed by atoms with Crippen molar-refractivity contribution in [2.24, 2.45) is 5.92 Å². The molecule has 2 aromatic carbocycles. The van der Waals surface area contributed by atoms with E-state index in [1.807, 2.05) is 52.8 Å². The van der Waals surface area contributed by atoms with Crippen LogP contribution in [0.2, 0.25) is 0 Å². The van der Waals surface area contributed by atoms with Crippen LogP contribution in [0.4, 0.5) is 24.5 Å². The predicted octanol–water partition coefficient (Wildman–Crippen LogP) is 9.04. The van der Waals surface area contributed by atoms with Crippen molar-refractivity contribution in [3.05, 3.63) is 105 Å². The Morgan fingerprint density at radius 3 is 2.39 bits per heavy atom. The van der Waals surface area contributed by atoms with Gasteiger partial charge in [-0.15, -0.1) is 0 Å². The minimum atomic E-state index is -4.41. The molecule has 3 rings (SSSR count). The summed E-state index contributed by atoms with van der Waals surface area (Å²) in [5, 5.41) is 11.3. The van der Waals surface area contributed by atoms with Crippen LogP contribution in [0.25, 0.3) is 0 Å². The zero-order chi connectivity index (χ0) is 28.6. The minimum Gasteiger partial charge on any atom is -0.344 e. The van der Waals surface area contributed by atoms with Crippen LogP contribution >= 0.6 is 0 Å². The molecule has 1 aliphatic rings. The molecule has 1 heterocycles. The van der Waals surface area contributed by atoms with Gasteiger partial charge in [0, 0.05) is 40.9 Å². The molecule has 1 aliphatic heterocycles. The first-order valence-electron chi connectivity index (χ1n) is 12.8. The fraction of sp³-hybridized carbons (Fsp3) is 0.419. The number of fused-ring (bicyclic) bond motifs is 1. The number of nitro benzene ring substituents is 1. The fourth-order valence-corrected chi connectivity index (χ4v) is 5.01. The van der Waals surface area contributed by atoms with Crippen LogP contribution in [0, 0.1) is 23.0 Å². The highest BCUT2D eigenvalue weighted by Gasteiger charge is 2.42. The van der Waals surface area contributed by atoms with E-state index < -0.39 is 27.5 Å². The Bertz CT molecular complexity index is 1300. The number of non-ortho nitro benzene ring substituents is 1. The lowest BCUT2D eigenvalue weighted by Crippen LogP contribution is -2.27. The Kier molecular flexibility index (Phi) is 8.02. The molecule has 0 N–H and O–H groups in total. The molecular weight excluding hydrogens is 489 g/mol. The number of hydrogen-bond acceptors (Lipinski definition) is 3. The van der Waals surface area contributed by atoms with Crippen LogP contribution in [-0.2, 0) is 17.0 Å². The average molecular weight is 527 g/mol. The van der Waals surface area contributed by atoms with Crippen LogP contribution in [-0.4, -0.2) is 11.5 Å². The largest absolute Gasteiger partial charge is 0.416 e. The van der Waals surface area contributed by atoms with Crippen molar-refractivity contribution >= 4 is 11.4 Å². The van der Waals surface area contributed by atoms with Gasteiger partial charge in [0.25, 0.3) is 5.69 Å². The van der Waals surface area contributed by atoms with E-state index in [1.54, 1.807) is 18.2 Å². The number of aryl methyl sites for hydroxylation is 1. The summed E-state index contributed by atoms with van der Waals surface area (Å²) in [6.45, 7) is 19.0. The van der Waals surface area contributed by atoms with Crippen molar-refractivity contribution < 1.29 is 18.1 Å². The Morgan fingerprint density at radius 2 is 1.82 bits per heavy atom. The van der Waals surface area contributed by atoms with Gasteiger partial charge in [-0.2, -0.15) is 13.2 Å². The van der Waals surface area contributed by atoms with Gasteiger partial charge in [0.1, 0.15) is 0 Å². The van der Waals surface area contributed by atoms with E-state index >= 15 is 0 Å². The lowest BCUT2D eigenvalue weighted by molar-refractivity contribution is -0.385. The maximum Gasteiger partial charge on any atom is 0.416 e. The maximum atomic E-state index is 13.5. The number of nitrogens with zero attached hydrogens (tertiary/aromatic N) is 2. The topological polar surface area (TPSA) is 46.4 Å². The highest BCUT2D eigenvalue weighted by atomic mass is 19.4. The van der Waals surface area contributed by atoms with E-state index in [1.165, 1.54) is 12.1 Å². The first-order chi connectivity index (χ1) is 17.5. The van der Waals surface area contributed by atoms with Gasteiger partial charge >= 0.3 is 6.18 Å². The first kappa shape index (κ1) is 29.2. The first-order valence-corrected chi connectivity index (χ1v) is 12.8. The summed E-state index contributed by atoms with van der Waals surface area (Å²) in [7, 11) is 0. The van der Waals surface area contributed by atoms with Gasteiger partial charge in [0.2, 0.25) is 0 Å². The van der Waals surface area contributed by atoms with E-state index in [9.17, 15) is 23.3 Å². The molecule has 0 atom stereocenters. The van der Waals surface area contributed by atoms with Gasteiger partial charge < -0.3 is 4.90 Å². The number of halogens is 3. The highest BCUT2D eigenvalue weighted by Crippen LogP contribution is 2.49. The third-order valence-corrected chi connectivity index (χ3v) is 7.61. The number of benzene rings is 2. The molecule has 7 heteroatoms. The Hall–Kier alpha value is -3.35. The number of nitro groups is 1. The van der Waals surface area contributed by atoms with Crippen molar-refractivity contribution in [3.63, 3.8) is 0 Å².